The maximum Gasteiger partial charge on any atom is 0.267 e. The Morgan fingerprint density at radius 2 is 2.38 bits per heavy atom. The summed E-state index contributed by atoms with van der Waals surface area (Å²) in [5.41, 5.74) is 8.15. The van der Waals surface area contributed by atoms with Crippen molar-refractivity contribution >= 4 is 28.5 Å². The SMILES string of the molecule is COCCC#Cc1c(C)c2c(Cl)cc(C(N)=O)nc2n1[C@@H]1CCCNC1. The van der Waals surface area contributed by atoms with Crippen molar-refractivity contribution in [2.75, 3.05) is 26.8 Å². The lowest BCUT2D eigenvalue weighted by Gasteiger charge is -2.26. The number of nitrogens with zero attached hydrogens (tertiary/aromatic N) is 2. The van der Waals surface area contributed by atoms with E-state index in [0.29, 0.717) is 23.7 Å². The molecule has 2 aromatic rings. The van der Waals surface area contributed by atoms with Crippen LogP contribution in [0.4, 0.5) is 0 Å². The fourth-order valence-electron chi connectivity index (χ4n) is 3.42. The number of hydrogen-bond donors (Lipinski definition) is 2. The van der Waals surface area contributed by atoms with Crippen LogP contribution < -0.4 is 11.1 Å². The molecule has 0 aromatic carbocycles. The number of ether oxygens (including phenoxy) is 1. The summed E-state index contributed by atoms with van der Waals surface area (Å²) in [6.07, 6.45) is 2.74. The average molecular weight is 375 g/mol. The van der Waals surface area contributed by atoms with E-state index in [9.17, 15) is 4.79 Å². The molecule has 1 saturated heterocycles. The zero-order valence-corrected chi connectivity index (χ0v) is 15.8. The number of methoxy groups -OCH3 is 1. The number of primary amides is 1. The highest BCUT2D eigenvalue weighted by Gasteiger charge is 2.25. The first kappa shape index (κ1) is 18.7. The first-order valence-corrected chi connectivity index (χ1v) is 9.11. The number of hydrogen-bond acceptors (Lipinski definition) is 4. The molecular formula is C19H23ClN4O2. The lowest BCUT2D eigenvalue weighted by Crippen LogP contribution is -2.32. The first-order chi connectivity index (χ1) is 12.5. The summed E-state index contributed by atoms with van der Waals surface area (Å²) in [6, 6.07) is 1.74. The van der Waals surface area contributed by atoms with E-state index in [2.05, 4.69) is 26.7 Å². The Bertz CT molecular complexity index is 889. The molecule has 3 rings (SSSR count). The summed E-state index contributed by atoms with van der Waals surface area (Å²) < 4.78 is 7.19. The monoisotopic (exact) mass is 374 g/mol. The second-order valence-electron chi connectivity index (χ2n) is 6.44. The van der Waals surface area contributed by atoms with Gasteiger partial charge in [-0.3, -0.25) is 4.79 Å². The minimum absolute atomic E-state index is 0.170. The van der Waals surface area contributed by atoms with E-state index in [1.54, 1.807) is 7.11 Å². The number of fused-ring (bicyclic) bond motifs is 1. The molecule has 1 aliphatic rings. The number of aromatic nitrogens is 2. The fraction of sp³-hybridized carbons (Fsp3) is 0.474. The van der Waals surface area contributed by atoms with Crippen molar-refractivity contribution < 1.29 is 9.53 Å². The van der Waals surface area contributed by atoms with Crippen molar-refractivity contribution in [3.05, 3.63) is 28.0 Å². The van der Waals surface area contributed by atoms with E-state index in [4.69, 9.17) is 22.1 Å². The van der Waals surface area contributed by atoms with Gasteiger partial charge in [-0.2, -0.15) is 0 Å². The second kappa shape index (κ2) is 8.09. The van der Waals surface area contributed by atoms with Crippen LogP contribution in [0, 0.1) is 18.8 Å². The Morgan fingerprint density at radius 1 is 1.58 bits per heavy atom. The third-order valence-corrected chi connectivity index (χ3v) is 4.98. The van der Waals surface area contributed by atoms with Crippen molar-refractivity contribution in [1.82, 2.24) is 14.9 Å². The molecule has 0 spiro atoms. The Labute approximate surface area is 158 Å². The van der Waals surface area contributed by atoms with Gasteiger partial charge in [0, 0.05) is 31.5 Å². The van der Waals surface area contributed by atoms with E-state index < -0.39 is 5.91 Å². The molecule has 26 heavy (non-hydrogen) atoms. The van der Waals surface area contributed by atoms with Gasteiger partial charge in [0.05, 0.1) is 17.3 Å². The molecule has 7 heteroatoms. The minimum Gasteiger partial charge on any atom is -0.384 e. The lowest BCUT2D eigenvalue weighted by molar-refractivity contribution is 0.0996. The number of piperidine rings is 1. The van der Waals surface area contributed by atoms with Crippen LogP contribution in [0.25, 0.3) is 11.0 Å². The standard InChI is InChI=1S/C19H23ClN4O2/c1-12-16(7-3-4-9-26-2)24(13-6-5-8-22-11-13)19-17(12)14(20)10-15(23-19)18(21)25/h10,13,22H,4-6,8-9,11H2,1-2H3,(H2,21,25)/t13-/m1/s1. The number of carbonyl (C=O) groups is 1. The highest BCUT2D eigenvalue weighted by Crippen LogP contribution is 2.34. The van der Waals surface area contributed by atoms with E-state index in [0.717, 1.165) is 42.6 Å². The van der Waals surface area contributed by atoms with Crippen LogP contribution in [-0.2, 0) is 4.74 Å². The Balaban J connectivity index is 2.22. The average Bonchev–Trinajstić information content (AvgIpc) is 2.92. The molecule has 1 aliphatic heterocycles. The number of halogens is 1. The number of amides is 1. The molecule has 138 valence electrons. The third kappa shape index (κ3) is 3.56. The van der Waals surface area contributed by atoms with E-state index >= 15 is 0 Å². The van der Waals surface area contributed by atoms with Gasteiger partial charge in [-0.25, -0.2) is 4.98 Å². The van der Waals surface area contributed by atoms with Gasteiger partial charge in [-0.15, -0.1) is 0 Å². The van der Waals surface area contributed by atoms with Gasteiger partial charge >= 0.3 is 0 Å². The van der Waals surface area contributed by atoms with Crippen molar-refractivity contribution in [2.45, 2.75) is 32.2 Å². The maximum atomic E-state index is 11.7. The Hall–Kier alpha value is -2.07. The van der Waals surface area contributed by atoms with Crippen molar-refractivity contribution in [2.24, 2.45) is 5.73 Å². The summed E-state index contributed by atoms with van der Waals surface area (Å²) >= 11 is 6.47. The van der Waals surface area contributed by atoms with Crippen LogP contribution in [0.15, 0.2) is 6.07 Å². The van der Waals surface area contributed by atoms with E-state index in [1.165, 1.54) is 6.07 Å². The van der Waals surface area contributed by atoms with Crippen LogP contribution in [0.1, 0.15) is 47.1 Å². The number of nitrogens with one attached hydrogen (secondary N) is 1. The zero-order valence-electron chi connectivity index (χ0n) is 15.1. The van der Waals surface area contributed by atoms with Gasteiger partial charge in [0.25, 0.3) is 5.91 Å². The van der Waals surface area contributed by atoms with E-state index in [-0.39, 0.29) is 11.7 Å². The molecule has 2 aromatic heterocycles. The normalized spacial score (nSPS) is 17.1. The van der Waals surface area contributed by atoms with Gasteiger partial charge in [-0.05, 0) is 43.9 Å². The lowest BCUT2D eigenvalue weighted by atomic mass is 10.1. The predicted octanol–water partition coefficient (Wildman–Crippen LogP) is 2.41. The maximum absolute atomic E-state index is 11.7. The fourth-order valence-corrected chi connectivity index (χ4v) is 3.75. The summed E-state index contributed by atoms with van der Waals surface area (Å²) in [7, 11) is 1.66. The van der Waals surface area contributed by atoms with Gasteiger partial charge < -0.3 is 20.4 Å². The van der Waals surface area contributed by atoms with Crippen LogP contribution in [0.2, 0.25) is 5.02 Å². The summed E-state index contributed by atoms with van der Waals surface area (Å²) in [6.45, 7) is 4.41. The van der Waals surface area contributed by atoms with E-state index in [1.807, 2.05) is 6.92 Å². The smallest absolute Gasteiger partial charge is 0.267 e. The summed E-state index contributed by atoms with van der Waals surface area (Å²) in [5.74, 6) is 5.84. The molecule has 0 aliphatic carbocycles. The molecule has 6 nitrogen and oxygen atoms in total. The number of nitrogens with two attached hydrogens (primary N) is 1. The molecule has 1 fully saturated rings. The van der Waals surface area contributed by atoms with Crippen molar-refractivity contribution in [3.63, 3.8) is 0 Å². The van der Waals surface area contributed by atoms with Crippen LogP contribution in [0.5, 0.6) is 0 Å². The van der Waals surface area contributed by atoms with Gasteiger partial charge in [-0.1, -0.05) is 17.5 Å². The van der Waals surface area contributed by atoms with Crippen molar-refractivity contribution in [3.8, 4) is 11.8 Å². The quantitative estimate of drug-likeness (QED) is 0.636. The molecular weight excluding hydrogens is 352 g/mol. The molecule has 0 bridgehead atoms. The van der Waals surface area contributed by atoms with Crippen LogP contribution in [0.3, 0.4) is 0 Å². The minimum atomic E-state index is -0.589. The summed E-state index contributed by atoms with van der Waals surface area (Å²) in [4.78, 5) is 16.2. The molecule has 0 unspecified atom stereocenters. The highest BCUT2D eigenvalue weighted by molar-refractivity contribution is 6.36. The van der Waals surface area contributed by atoms with Gasteiger partial charge in [0.2, 0.25) is 0 Å². The molecule has 3 heterocycles. The largest absolute Gasteiger partial charge is 0.384 e. The first-order valence-electron chi connectivity index (χ1n) is 8.74. The van der Waals surface area contributed by atoms with Gasteiger partial charge in [0.1, 0.15) is 11.3 Å². The molecule has 0 radical (unpaired) electrons. The Morgan fingerprint density at radius 3 is 3.04 bits per heavy atom. The second-order valence-corrected chi connectivity index (χ2v) is 6.85. The topological polar surface area (TPSA) is 82.2 Å². The molecule has 3 N–H and O–H groups in total. The Kier molecular flexibility index (Phi) is 5.82. The number of carbonyl (C=O) groups excluding carboxylic acids is 1. The number of rotatable bonds is 4. The highest BCUT2D eigenvalue weighted by atomic mass is 35.5. The van der Waals surface area contributed by atoms with Crippen molar-refractivity contribution in [1.29, 1.82) is 0 Å². The summed E-state index contributed by atoms with van der Waals surface area (Å²) in [5, 5.41) is 4.73. The molecule has 1 amide bonds. The zero-order chi connectivity index (χ0) is 18.7. The predicted molar refractivity (Wildman–Crippen MR) is 103 cm³/mol. The van der Waals surface area contributed by atoms with Gasteiger partial charge in [0.15, 0.2) is 0 Å². The molecule has 0 saturated carbocycles. The van der Waals surface area contributed by atoms with Crippen LogP contribution >= 0.6 is 11.6 Å². The van der Waals surface area contributed by atoms with Crippen LogP contribution in [-0.4, -0.2) is 42.3 Å². The third-order valence-electron chi connectivity index (χ3n) is 4.68. The molecule has 1 atom stereocenters. The number of pyridine rings is 1. The number of aryl methyl sites for hydroxylation is 1.